The lowest BCUT2D eigenvalue weighted by Crippen LogP contribution is -2.19. The molecule has 1 aromatic rings. The fourth-order valence-corrected chi connectivity index (χ4v) is 2.03. The maximum absolute atomic E-state index is 12.5. The van der Waals surface area contributed by atoms with Gasteiger partial charge in [-0.05, 0) is 28.7 Å². The zero-order valence-corrected chi connectivity index (χ0v) is 13.3. The molecular weight excluding hydrogens is 446 g/mol. The normalized spacial score (nSPS) is 9.88. The summed E-state index contributed by atoms with van der Waals surface area (Å²) in [6, 6.07) is 5.86. The summed E-state index contributed by atoms with van der Waals surface area (Å²) >= 11 is 1.54. The van der Waals surface area contributed by atoms with Crippen LogP contribution in [0.25, 0.3) is 0 Å². The number of halogens is 4. The first-order valence-corrected chi connectivity index (χ1v) is 6.66. The second kappa shape index (κ2) is 7.48. The summed E-state index contributed by atoms with van der Waals surface area (Å²) < 4.78 is 41.3. The van der Waals surface area contributed by atoms with E-state index in [0.29, 0.717) is 0 Å². The van der Waals surface area contributed by atoms with E-state index < -0.39 is 39.7 Å². The van der Waals surface area contributed by atoms with Gasteiger partial charge in [-0.3, -0.25) is 10.1 Å². The molecule has 0 saturated carbocycles. The van der Waals surface area contributed by atoms with E-state index >= 15 is 0 Å². The Bertz CT molecular complexity index is 830. The van der Waals surface area contributed by atoms with Crippen LogP contribution in [-0.4, -0.2) is 11.3 Å². The number of rotatable bonds is 4. The van der Waals surface area contributed by atoms with Crippen molar-refractivity contribution >= 4 is 34.0 Å². The summed E-state index contributed by atoms with van der Waals surface area (Å²) in [6.07, 6.45) is -5.15. The molecule has 1 N–H and O–H groups in total. The van der Waals surface area contributed by atoms with Crippen LogP contribution in [0, 0.1) is 47.7 Å². The molecule has 0 bridgehead atoms. The van der Waals surface area contributed by atoms with Crippen molar-refractivity contribution in [1.82, 2.24) is 0 Å². The van der Waals surface area contributed by atoms with Gasteiger partial charge in [-0.15, -0.1) is 13.2 Å². The number of hydrogen-bond acceptors (Lipinski definition) is 7. The molecule has 8 nitrogen and oxygen atoms in total. The summed E-state index contributed by atoms with van der Waals surface area (Å²) in [5.74, 6) is -0.982. The summed E-state index contributed by atoms with van der Waals surface area (Å²) in [6.45, 7) is 0. The van der Waals surface area contributed by atoms with E-state index in [1.165, 1.54) is 18.2 Å². The fourth-order valence-electron chi connectivity index (χ4n) is 1.45. The van der Waals surface area contributed by atoms with Crippen LogP contribution < -0.4 is 10.1 Å². The average Bonchev–Trinajstić information content (AvgIpc) is 2.47. The molecule has 0 aliphatic rings. The molecule has 0 aliphatic heterocycles. The van der Waals surface area contributed by atoms with E-state index in [1.807, 2.05) is 5.32 Å². The van der Waals surface area contributed by atoms with Crippen molar-refractivity contribution in [2.45, 2.75) is 6.36 Å². The second-order valence-electron chi connectivity index (χ2n) is 3.81. The van der Waals surface area contributed by atoms with Gasteiger partial charge in [0.05, 0.1) is 4.92 Å². The van der Waals surface area contributed by atoms with Crippen LogP contribution in [0.5, 0.6) is 5.75 Å². The van der Waals surface area contributed by atoms with E-state index in [0.717, 1.165) is 12.1 Å². The molecule has 0 heterocycles. The summed E-state index contributed by atoms with van der Waals surface area (Å²) in [4.78, 5) is 10.1. The minimum Gasteiger partial charge on any atom is -0.403 e. The highest BCUT2D eigenvalue weighted by Crippen LogP contribution is 2.40. The lowest BCUT2D eigenvalue weighted by Gasteiger charge is -2.14. The van der Waals surface area contributed by atoms with Crippen LogP contribution in [0.15, 0.2) is 23.4 Å². The van der Waals surface area contributed by atoms with E-state index in [-0.39, 0.29) is 3.57 Å². The quantitative estimate of drug-likeness (QED) is 0.322. The lowest BCUT2D eigenvalue weighted by atomic mass is 10.2. The van der Waals surface area contributed by atoms with Gasteiger partial charge < -0.3 is 10.1 Å². The molecule has 122 valence electrons. The van der Waals surface area contributed by atoms with E-state index in [4.69, 9.17) is 15.8 Å². The smallest absolute Gasteiger partial charge is 0.403 e. The Morgan fingerprint density at radius 1 is 1.25 bits per heavy atom. The summed E-state index contributed by atoms with van der Waals surface area (Å²) in [7, 11) is 0. The molecule has 12 heteroatoms. The first kappa shape index (κ1) is 19.0. The number of nitro groups is 1. The maximum Gasteiger partial charge on any atom is 0.573 e. The molecule has 24 heavy (non-hydrogen) atoms. The molecule has 0 saturated heterocycles. The van der Waals surface area contributed by atoms with Gasteiger partial charge in [0, 0.05) is 9.64 Å². The van der Waals surface area contributed by atoms with Gasteiger partial charge >= 0.3 is 6.36 Å². The Kier molecular flexibility index (Phi) is 5.92. The number of hydrogen-bond donors (Lipinski definition) is 1. The number of nitriles is 3. The van der Waals surface area contributed by atoms with Gasteiger partial charge in [0.25, 0.3) is 5.69 Å². The molecule has 0 aromatic heterocycles. The Balaban J connectivity index is 3.64. The monoisotopic (exact) mass is 449 g/mol. The van der Waals surface area contributed by atoms with Crippen LogP contribution in [0.4, 0.5) is 24.5 Å². The van der Waals surface area contributed by atoms with Crippen LogP contribution in [0.2, 0.25) is 0 Å². The fraction of sp³-hybridized carbons (Fsp3) is 0.0833. The number of nitrogens with one attached hydrogen (secondary N) is 1. The number of ether oxygens (including phenoxy) is 1. The van der Waals surface area contributed by atoms with Gasteiger partial charge in [0.2, 0.25) is 0 Å². The van der Waals surface area contributed by atoms with Gasteiger partial charge in [-0.1, -0.05) is 0 Å². The van der Waals surface area contributed by atoms with Gasteiger partial charge in [0.15, 0.2) is 17.0 Å². The second-order valence-corrected chi connectivity index (χ2v) is 5.06. The van der Waals surface area contributed by atoms with Gasteiger partial charge in [0.1, 0.15) is 23.9 Å². The minimum absolute atomic E-state index is 0.0624. The number of anilines is 1. The van der Waals surface area contributed by atoms with Crippen molar-refractivity contribution in [3.05, 3.63) is 37.1 Å². The third kappa shape index (κ3) is 4.72. The number of nitrogens with zero attached hydrogens (tertiary/aromatic N) is 4. The van der Waals surface area contributed by atoms with Crippen molar-refractivity contribution in [1.29, 1.82) is 15.8 Å². The first-order chi connectivity index (χ1) is 11.1. The molecule has 0 unspecified atom stereocenters. The zero-order valence-electron chi connectivity index (χ0n) is 11.2. The third-order valence-corrected chi connectivity index (χ3v) is 2.93. The van der Waals surface area contributed by atoms with Crippen LogP contribution >= 0.6 is 22.6 Å². The number of allylic oxidation sites excluding steroid dienone is 2. The summed E-state index contributed by atoms with van der Waals surface area (Å²) in [5, 5.41) is 39.4. The van der Waals surface area contributed by atoms with Crippen LogP contribution in [0.3, 0.4) is 0 Å². The average molecular weight is 449 g/mol. The largest absolute Gasteiger partial charge is 0.573 e. The maximum atomic E-state index is 12.5. The van der Waals surface area contributed by atoms with Crippen LogP contribution in [-0.2, 0) is 0 Å². The molecule has 0 radical (unpaired) electrons. The highest BCUT2D eigenvalue weighted by Gasteiger charge is 2.34. The Morgan fingerprint density at radius 3 is 2.25 bits per heavy atom. The van der Waals surface area contributed by atoms with Gasteiger partial charge in [-0.25, -0.2) is 0 Å². The lowest BCUT2D eigenvalue weighted by molar-refractivity contribution is -0.384. The number of alkyl halides is 3. The Morgan fingerprint density at radius 2 is 1.83 bits per heavy atom. The molecule has 0 aliphatic carbocycles. The van der Waals surface area contributed by atoms with Crippen molar-refractivity contribution in [3.8, 4) is 24.0 Å². The van der Waals surface area contributed by atoms with E-state index in [1.54, 1.807) is 22.6 Å². The highest BCUT2D eigenvalue weighted by atomic mass is 127. The molecule has 0 atom stereocenters. The van der Waals surface area contributed by atoms with Crippen molar-refractivity contribution in [2.75, 3.05) is 5.32 Å². The highest BCUT2D eigenvalue weighted by molar-refractivity contribution is 14.1. The summed E-state index contributed by atoms with van der Waals surface area (Å²) in [5.41, 5.74) is -3.15. The van der Waals surface area contributed by atoms with Crippen LogP contribution in [0.1, 0.15) is 0 Å². The van der Waals surface area contributed by atoms with E-state index in [2.05, 4.69) is 4.74 Å². The number of nitro benzene ring substituents is 1. The molecule has 1 aromatic carbocycles. The first-order valence-electron chi connectivity index (χ1n) is 5.58. The molecular formula is C12H3F3IN5O3. The number of benzene rings is 1. The topological polar surface area (TPSA) is 136 Å². The SMILES string of the molecule is N#CC(C#N)=C(C#N)Nc1c(OC(F)(F)F)cc(I)cc1[N+](=O)[O-]. The van der Waals surface area contributed by atoms with Gasteiger partial charge in [-0.2, -0.15) is 15.8 Å². The standard InChI is InChI=1S/C12H3F3IN5O3/c13-12(14,15)24-10-2-7(16)1-9(21(22)23)11(10)20-8(5-19)6(3-17)4-18/h1-2,20H. The molecule has 0 fully saturated rings. The van der Waals surface area contributed by atoms with Crippen molar-refractivity contribution in [2.24, 2.45) is 0 Å². The molecule has 0 amide bonds. The Hall–Kier alpha value is -3.05. The zero-order chi connectivity index (χ0) is 18.5. The van der Waals surface area contributed by atoms with Crippen molar-refractivity contribution < 1.29 is 22.8 Å². The van der Waals surface area contributed by atoms with Crippen molar-refractivity contribution in [3.63, 3.8) is 0 Å². The third-order valence-electron chi connectivity index (χ3n) is 2.30. The predicted molar refractivity (Wildman–Crippen MR) is 80.0 cm³/mol. The Labute approximate surface area is 145 Å². The molecule has 1 rings (SSSR count). The predicted octanol–water partition coefficient (Wildman–Crippen LogP) is 3.33. The molecule has 0 spiro atoms. The van der Waals surface area contributed by atoms with E-state index in [9.17, 15) is 23.3 Å². The minimum atomic E-state index is -5.15.